The SMILES string of the molecule is Cc1cc(B(O)O)cc(C(N)=O)c1F. The minimum atomic E-state index is -1.74. The summed E-state index contributed by atoms with van der Waals surface area (Å²) in [7, 11) is -1.74. The van der Waals surface area contributed by atoms with Crippen LogP contribution in [0.1, 0.15) is 15.9 Å². The zero-order chi connectivity index (χ0) is 10.9. The number of hydrogen-bond donors (Lipinski definition) is 3. The summed E-state index contributed by atoms with van der Waals surface area (Å²) >= 11 is 0. The number of primary amides is 1. The van der Waals surface area contributed by atoms with E-state index in [-0.39, 0.29) is 16.6 Å². The number of carbonyl (C=O) groups is 1. The number of amides is 1. The molecular weight excluding hydrogens is 188 g/mol. The lowest BCUT2D eigenvalue weighted by molar-refractivity contribution is 0.0996. The van der Waals surface area contributed by atoms with E-state index in [2.05, 4.69) is 0 Å². The van der Waals surface area contributed by atoms with Crippen molar-refractivity contribution in [2.75, 3.05) is 0 Å². The first-order chi connectivity index (χ1) is 6.43. The van der Waals surface area contributed by atoms with Gasteiger partial charge in [0.25, 0.3) is 5.91 Å². The van der Waals surface area contributed by atoms with E-state index < -0.39 is 18.8 Å². The van der Waals surface area contributed by atoms with Gasteiger partial charge in [-0.1, -0.05) is 6.07 Å². The summed E-state index contributed by atoms with van der Waals surface area (Å²) < 4.78 is 13.2. The molecule has 0 aliphatic rings. The Morgan fingerprint density at radius 2 is 2.07 bits per heavy atom. The van der Waals surface area contributed by atoms with Gasteiger partial charge in [0, 0.05) is 0 Å². The molecule has 0 aliphatic heterocycles. The summed E-state index contributed by atoms with van der Waals surface area (Å²) in [4.78, 5) is 10.8. The van der Waals surface area contributed by atoms with E-state index in [4.69, 9.17) is 15.8 Å². The highest BCUT2D eigenvalue weighted by molar-refractivity contribution is 6.58. The Bertz CT molecular complexity index is 381. The van der Waals surface area contributed by atoms with Gasteiger partial charge in [-0.25, -0.2) is 4.39 Å². The van der Waals surface area contributed by atoms with Crippen molar-refractivity contribution in [3.63, 3.8) is 0 Å². The third-order valence-corrected chi connectivity index (χ3v) is 1.84. The normalized spacial score (nSPS) is 10.0. The minimum Gasteiger partial charge on any atom is -0.423 e. The maximum absolute atomic E-state index is 13.2. The molecule has 1 aromatic carbocycles. The molecule has 0 spiro atoms. The molecule has 4 nitrogen and oxygen atoms in total. The van der Waals surface area contributed by atoms with E-state index in [1.54, 1.807) is 0 Å². The van der Waals surface area contributed by atoms with Gasteiger partial charge in [0.2, 0.25) is 0 Å². The summed E-state index contributed by atoms with van der Waals surface area (Å²) in [6.07, 6.45) is 0. The van der Waals surface area contributed by atoms with Crippen LogP contribution >= 0.6 is 0 Å². The molecule has 0 radical (unpaired) electrons. The second-order valence-electron chi connectivity index (χ2n) is 2.94. The second kappa shape index (κ2) is 3.77. The zero-order valence-electron chi connectivity index (χ0n) is 7.49. The number of hydrogen-bond acceptors (Lipinski definition) is 3. The van der Waals surface area contributed by atoms with Crippen molar-refractivity contribution < 1.29 is 19.2 Å². The van der Waals surface area contributed by atoms with Crippen LogP contribution in [0.25, 0.3) is 0 Å². The first-order valence-corrected chi connectivity index (χ1v) is 3.89. The predicted octanol–water partition coefficient (Wildman–Crippen LogP) is -1.09. The first-order valence-electron chi connectivity index (χ1n) is 3.89. The van der Waals surface area contributed by atoms with Gasteiger partial charge in [-0.3, -0.25) is 4.79 Å². The monoisotopic (exact) mass is 197 g/mol. The number of rotatable bonds is 2. The van der Waals surface area contributed by atoms with Crippen LogP contribution < -0.4 is 11.2 Å². The number of aryl methyl sites for hydroxylation is 1. The van der Waals surface area contributed by atoms with Gasteiger partial charge < -0.3 is 15.8 Å². The zero-order valence-corrected chi connectivity index (χ0v) is 7.49. The Kier molecular flexibility index (Phi) is 2.88. The third-order valence-electron chi connectivity index (χ3n) is 1.84. The maximum Gasteiger partial charge on any atom is 0.488 e. The lowest BCUT2D eigenvalue weighted by Gasteiger charge is -2.06. The van der Waals surface area contributed by atoms with Crippen LogP contribution in [0.15, 0.2) is 12.1 Å². The van der Waals surface area contributed by atoms with Gasteiger partial charge in [0.15, 0.2) is 0 Å². The van der Waals surface area contributed by atoms with E-state index in [0.29, 0.717) is 0 Å². The van der Waals surface area contributed by atoms with Gasteiger partial charge in [-0.05, 0) is 24.0 Å². The smallest absolute Gasteiger partial charge is 0.423 e. The Morgan fingerprint density at radius 1 is 1.50 bits per heavy atom. The molecule has 1 rings (SSSR count). The molecule has 1 aromatic rings. The standard InChI is InChI=1S/C8H9BFNO3/c1-4-2-5(9(13)14)3-6(7(4)10)8(11)12/h2-3,13-14H,1H3,(H2,11,12). The summed E-state index contributed by atoms with van der Waals surface area (Å²) in [6.45, 7) is 1.41. The fourth-order valence-corrected chi connectivity index (χ4v) is 1.13. The van der Waals surface area contributed by atoms with Crippen molar-refractivity contribution in [3.8, 4) is 0 Å². The van der Waals surface area contributed by atoms with E-state index in [9.17, 15) is 9.18 Å². The number of carbonyl (C=O) groups excluding carboxylic acids is 1. The Hall–Kier alpha value is -1.40. The van der Waals surface area contributed by atoms with Gasteiger partial charge in [0.05, 0.1) is 5.56 Å². The van der Waals surface area contributed by atoms with Crippen molar-refractivity contribution in [2.45, 2.75) is 6.92 Å². The van der Waals surface area contributed by atoms with Crippen molar-refractivity contribution in [3.05, 3.63) is 29.1 Å². The van der Waals surface area contributed by atoms with Gasteiger partial charge >= 0.3 is 7.12 Å². The molecule has 1 amide bonds. The summed E-state index contributed by atoms with van der Waals surface area (Å²) in [6, 6.07) is 2.27. The molecule has 4 N–H and O–H groups in total. The lowest BCUT2D eigenvalue weighted by atomic mass is 9.78. The van der Waals surface area contributed by atoms with Gasteiger partial charge in [-0.15, -0.1) is 0 Å². The van der Waals surface area contributed by atoms with Crippen molar-refractivity contribution in [1.82, 2.24) is 0 Å². The van der Waals surface area contributed by atoms with Crippen molar-refractivity contribution in [1.29, 1.82) is 0 Å². The third kappa shape index (κ3) is 1.91. The van der Waals surface area contributed by atoms with E-state index in [1.165, 1.54) is 13.0 Å². The summed E-state index contributed by atoms with van der Waals surface area (Å²) in [5.41, 5.74) is 4.75. The molecule has 0 aromatic heterocycles. The predicted molar refractivity (Wildman–Crippen MR) is 49.5 cm³/mol. The molecule has 0 atom stereocenters. The largest absolute Gasteiger partial charge is 0.488 e. The average molecular weight is 197 g/mol. The molecule has 0 saturated heterocycles. The fourth-order valence-electron chi connectivity index (χ4n) is 1.13. The number of nitrogens with two attached hydrogens (primary N) is 1. The minimum absolute atomic E-state index is 0.0395. The fraction of sp³-hybridized carbons (Fsp3) is 0.125. The van der Waals surface area contributed by atoms with Crippen LogP contribution in [0.2, 0.25) is 0 Å². The molecule has 0 heterocycles. The molecule has 0 saturated carbocycles. The van der Waals surface area contributed by atoms with Crippen molar-refractivity contribution >= 4 is 18.5 Å². The van der Waals surface area contributed by atoms with Crippen LogP contribution in [-0.4, -0.2) is 23.1 Å². The Labute approximate surface area is 80.3 Å². The highest BCUT2D eigenvalue weighted by Gasteiger charge is 2.18. The van der Waals surface area contributed by atoms with Gasteiger partial charge in [-0.2, -0.15) is 0 Å². The van der Waals surface area contributed by atoms with Crippen LogP contribution in [0, 0.1) is 12.7 Å². The molecule has 0 fully saturated rings. The quantitative estimate of drug-likeness (QED) is 0.527. The van der Waals surface area contributed by atoms with Crippen molar-refractivity contribution in [2.24, 2.45) is 5.73 Å². The average Bonchev–Trinajstić information content (AvgIpc) is 2.08. The number of halogens is 1. The first kappa shape index (κ1) is 10.7. The Morgan fingerprint density at radius 3 is 2.50 bits per heavy atom. The van der Waals surface area contributed by atoms with E-state index in [1.807, 2.05) is 0 Å². The molecule has 6 heteroatoms. The van der Waals surface area contributed by atoms with Gasteiger partial charge in [0.1, 0.15) is 5.82 Å². The van der Waals surface area contributed by atoms with Crippen LogP contribution in [0.3, 0.4) is 0 Å². The molecule has 0 aliphatic carbocycles. The molecule has 0 unspecified atom stereocenters. The lowest BCUT2D eigenvalue weighted by Crippen LogP contribution is -2.32. The molecule has 14 heavy (non-hydrogen) atoms. The Balaban J connectivity index is 3.35. The highest BCUT2D eigenvalue weighted by atomic mass is 19.1. The molecule has 74 valence electrons. The van der Waals surface area contributed by atoms with Crippen LogP contribution in [0.4, 0.5) is 4.39 Å². The molecular formula is C8H9BFNO3. The van der Waals surface area contributed by atoms with E-state index in [0.717, 1.165) is 6.07 Å². The van der Waals surface area contributed by atoms with Crippen LogP contribution in [-0.2, 0) is 0 Å². The van der Waals surface area contributed by atoms with E-state index >= 15 is 0 Å². The summed E-state index contributed by atoms with van der Waals surface area (Å²) in [5, 5.41) is 17.7. The maximum atomic E-state index is 13.2. The topological polar surface area (TPSA) is 83.6 Å². The number of benzene rings is 1. The van der Waals surface area contributed by atoms with Crippen LogP contribution in [0.5, 0.6) is 0 Å². The highest BCUT2D eigenvalue weighted by Crippen LogP contribution is 2.09. The summed E-state index contributed by atoms with van der Waals surface area (Å²) in [5.74, 6) is -1.67. The second-order valence-corrected chi connectivity index (χ2v) is 2.94. The molecule has 0 bridgehead atoms.